The number of hydrogen-bond donors (Lipinski definition) is 2. The van der Waals surface area contributed by atoms with Gasteiger partial charge in [0, 0.05) is 6.54 Å². The van der Waals surface area contributed by atoms with Gasteiger partial charge < -0.3 is 15.6 Å². The molecule has 2 unspecified atom stereocenters. The summed E-state index contributed by atoms with van der Waals surface area (Å²) in [6.45, 7) is 4.90. The molecular formula is C16H25NO3. The quantitative estimate of drug-likeness (QED) is 0.729. The van der Waals surface area contributed by atoms with Crippen molar-refractivity contribution in [1.82, 2.24) is 0 Å². The van der Waals surface area contributed by atoms with Crippen LogP contribution in [-0.4, -0.2) is 24.2 Å². The molecule has 0 bridgehead atoms. The van der Waals surface area contributed by atoms with Gasteiger partial charge in [-0.25, -0.2) is 0 Å². The van der Waals surface area contributed by atoms with Crippen molar-refractivity contribution in [3.63, 3.8) is 0 Å². The van der Waals surface area contributed by atoms with E-state index in [2.05, 4.69) is 13.0 Å². The van der Waals surface area contributed by atoms with E-state index in [-0.39, 0.29) is 6.54 Å². The number of benzene rings is 1. The largest absolute Gasteiger partial charge is 0.494 e. The number of hydrogen-bond acceptors (Lipinski definition) is 3. The molecule has 1 rings (SSSR count). The molecule has 0 fully saturated rings. The second kappa shape index (κ2) is 8.59. The highest BCUT2D eigenvalue weighted by Crippen LogP contribution is 2.23. The van der Waals surface area contributed by atoms with Gasteiger partial charge in [-0.2, -0.15) is 0 Å². The Hall–Kier alpha value is -1.55. The van der Waals surface area contributed by atoms with E-state index in [0.717, 1.165) is 18.6 Å². The van der Waals surface area contributed by atoms with Gasteiger partial charge in [0.15, 0.2) is 0 Å². The molecule has 2 atom stereocenters. The number of carboxylic acids is 1. The summed E-state index contributed by atoms with van der Waals surface area (Å²) < 4.78 is 5.49. The standard InChI is InChI=1S/C16H25NO3/c1-3-12(9-14(11-17)16(18)19)8-13-6-5-7-15(10-13)20-4-2/h5-7,10,12,14H,3-4,8-9,11,17H2,1-2H3,(H,18,19). The van der Waals surface area contributed by atoms with Crippen LogP contribution in [-0.2, 0) is 11.2 Å². The van der Waals surface area contributed by atoms with Crippen LogP contribution in [0.15, 0.2) is 24.3 Å². The Morgan fingerprint density at radius 3 is 2.70 bits per heavy atom. The van der Waals surface area contributed by atoms with E-state index < -0.39 is 11.9 Å². The van der Waals surface area contributed by atoms with E-state index in [4.69, 9.17) is 15.6 Å². The Bertz CT molecular complexity index is 420. The monoisotopic (exact) mass is 279 g/mol. The third-order valence-electron chi connectivity index (χ3n) is 3.56. The summed E-state index contributed by atoms with van der Waals surface area (Å²) in [6, 6.07) is 8.01. The van der Waals surface area contributed by atoms with Crippen molar-refractivity contribution < 1.29 is 14.6 Å². The molecule has 1 aromatic carbocycles. The molecule has 3 N–H and O–H groups in total. The SMILES string of the molecule is CCOc1cccc(CC(CC)CC(CN)C(=O)O)c1. The minimum atomic E-state index is -0.797. The van der Waals surface area contributed by atoms with Crippen LogP contribution in [0.1, 0.15) is 32.3 Å². The van der Waals surface area contributed by atoms with Gasteiger partial charge in [-0.05, 0) is 43.4 Å². The Balaban J connectivity index is 2.67. The zero-order valence-electron chi connectivity index (χ0n) is 12.3. The Kier molecular flexibility index (Phi) is 7.09. The van der Waals surface area contributed by atoms with Gasteiger partial charge in [0.2, 0.25) is 0 Å². The van der Waals surface area contributed by atoms with Crippen LogP contribution in [0, 0.1) is 11.8 Å². The molecule has 0 saturated heterocycles. The lowest BCUT2D eigenvalue weighted by atomic mass is 9.87. The molecule has 0 aliphatic carbocycles. The van der Waals surface area contributed by atoms with Crippen LogP contribution in [0.3, 0.4) is 0 Å². The summed E-state index contributed by atoms with van der Waals surface area (Å²) in [5, 5.41) is 9.10. The summed E-state index contributed by atoms with van der Waals surface area (Å²) in [5.74, 6) is -0.0472. The Labute approximate surface area is 120 Å². The number of rotatable bonds is 9. The Morgan fingerprint density at radius 2 is 2.15 bits per heavy atom. The minimum Gasteiger partial charge on any atom is -0.494 e. The van der Waals surface area contributed by atoms with Crippen molar-refractivity contribution in [1.29, 1.82) is 0 Å². The maximum absolute atomic E-state index is 11.1. The van der Waals surface area contributed by atoms with E-state index in [9.17, 15) is 4.79 Å². The molecule has 4 heteroatoms. The molecule has 0 aliphatic heterocycles. The number of carbonyl (C=O) groups is 1. The summed E-state index contributed by atoms with van der Waals surface area (Å²) in [7, 11) is 0. The van der Waals surface area contributed by atoms with Crippen LogP contribution in [0.5, 0.6) is 5.75 Å². The van der Waals surface area contributed by atoms with Crippen LogP contribution in [0.25, 0.3) is 0 Å². The van der Waals surface area contributed by atoms with Gasteiger partial charge in [-0.15, -0.1) is 0 Å². The molecule has 0 aliphatic rings. The van der Waals surface area contributed by atoms with Crippen molar-refractivity contribution in [3.05, 3.63) is 29.8 Å². The third-order valence-corrected chi connectivity index (χ3v) is 3.56. The normalized spacial score (nSPS) is 13.8. The van der Waals surface area contributed by atoms with Crippen LogP contribution >= 0.6 is 0 Å². The molecule has 4 nitrogen and oxygen atoms in total. The molecular weight excluding hydrogens is 254 g/mol. The van der Waals surface area contributed by atoms with E-state index >= 15 is 0 Å². The van der Waals surface area contributed by atoms with Gasteiger partial charge in [0.25, 0.3) is 0 Å². The zero-order valence-corrected chi connectivity index (χ0v) is 12.3. The first-order valence-corrected chi connectivity index (χ1v) is 7.25. The van der Waals surface area contributed by atoms with Gasteiger partial charge in [-0.3, -0.25) is 4.79 Å². The van der Waals surface area contributed by atoms with Crippen LogP contribution in [0.2, 0.25) is 0 Å². The highest BCUT2D eigenvalue weighted by Gasteiger charge is 2.20. The lowest BCUT2D eigenvalue weighted by Gasteiger charge is -2.19. The van der Waals surface area contributed by atoms with Gasteiger partial charge >= 0.3 is 5.97 Å². The summed E-state index contributed by atoms with van der Waals surface area (Å²) in [4.78, 5) is 11.1. The van der Waals surface area contributed by atoms with Crippen molar-refractivity contribution in [2.45, 2.75) is 33.1 Å². The number of aliphatic carboxylic acids is 1. The lowest BCUT2D eigenvalue weighted by Crippen LogP contribution is -2.26. The highest BCUT2D eigenvalue weighted by molar-refractivity contribution is 5.70. The molecule has 0 amide bonds. The highest BCUT2D eigenvalue weighted by atomic mass is 16.5. The second-order valence-corrected chi connectivity index (χ2v) is 5.07. The molecule has 20 heavy (non-hydrogen) atoms. The first kappa shape index (κ1) is 16.5. The fourth-order valence-electron chi connectivity index (χ4n) is 2.36. The van der Waals surface area contributed by atoms with Gasteiger partial charge in [-0.1, -0.05) is 25.5 Å². The molecule has 0 heterocycles. The predicted octanol–water partition coefficient (Wildman–Crippen LogP) is 2.70. The summed E-state index contributed by atoms with van der Waals surface area (Å²) in [6.07, 6.45) is 2.44. The maximum atomic E-state index is 11.1. The van der Waals surface area contributed by atoms with Gasteiger partial charge in [0.05, 0.1) is 12.5 Å². The van der Waals surface area contributed by atoms with Crippen molar-refractivity contribution >= 4 is 5.97 Å². The Morgan fingerprint density at radius 1 is 1.40 bits per heavy atom. The van der Waals surface area contributed by atoms with E-state index in [1.165, 1.54) is 5.56 Å². The average molecular weight is 279 g/mol. The zero-order chi connectivity index (χ0) is 15.0. The molecule has 1 aromatic rings. The average Bonchev–Trinajstić information content (AvgIpc) is 2.43. The fourth-order valence-corrected chi connectivity index (χ4v) is 2.36. The second-order valence-electron chi connectivity index (χ2n) is 5.07. The van der Waals surface area contributed by atoms with Crippen molar-refractivity contribution in [3.8, 4) is 5.75 Å². The first-order chi connectivity index (χ1) is 9.60. The summed E-state index contributed by atoms with van der Waals surface area (Å²) in [5.41, 5.74) is 6.72. The number of carboxylic acid groups (broad SMARTS) is 1. The van der Waals surface area contributed by atoms with Crippen LogP contribution < -0.4 is 10.5 Å². The molecule has 112 valence electrons. The van der Waals surface area contributed by atoms with E-state index in [1.807, 2.05) is 25.1 Å². The molecule has 0 aromatic heterocycles. The predicted molar refractivity (Wildman–Crippen MR) is 79.9 cm³/mol. The van der Waals surface area contributed by atoms with Gasteiger partial charge in [0.1, 0.15) is 5.75 Å². The first-order valence-electron chi connectivity index (χ1n) is 7.25. The van der Waals surface area contributed by atoms with Crippen molar-refractivity contribution in [2.75, 3.05) is 13.2 Å². The number of nitrogens with two attached hydrogens (primary N) is 1. The summed E-state index contributed by atoms with van der Waals surface area (Å²) >= 11 is 0. The van der Waals surface area contributed by atoms with Crippen LogP contribution in [0.4, 0.5) is 0 Å². The number of ether oxygens (including phenoxy) is 1. The third kappa shape index (κ3) is 5.21. The van der Waals surface area contributed by atoms with E-state index in [0.29, 0.717) is 18.9 Å². The molecule has 0 radical (unpaired) electrons. The van der Waals surface area contributed by atoms with Crippen molar-refractivity contribution in [2.24, 2.45) is 17.6 Å². The van der Waals surface area contributed by atoms with E-state index in [1.54, 1.807) is 0 Å². The molecule has 0 saturated carbocycles. The molecule has 0 spiro atoms. The fraction of sp³-hybridized carbons (Fsp3) is 0.562. The smallest absolute Gasteiger partial charge is 0.307 e. The lowest BCUT2D eigenvalue weighted by molar-refractivity contribution is -0.142. The maximum Gasteiger partial charge on any atom is 0.307 e. The topological polar surface area (TPSA) is 72.5 Å². The minimum absolute atomic E-state index is 0.199.